The van der Waals surface area contributed by atoms with Gasteiger partial charge in [0.25, 0.3) is 0 Å². The molecule has 112 valence electrons. The molecule has 21 heavy (non-hydrogen) atoms. The lowest BCUT2D eigenvalue weighted by Crippen LogP contribution is -2.30. The standard InChI is InChI=1S/C17H20Cl2N2/c1-12(2)21(10-13-5-3-7-15(20)9-13)11-14-6-4-8-16(18)17(14)19/h3-9,12H,10-11,20H2,1-2H3. The number of halogens is 2. The molecule has 0 aromatic heterocycles. The first-order valence-electron chi connectivity index (χ1n) is 6.98. The molecule has 0 amide bonds. The highest BCUT2D eigenvalue weighted by Crippen LogP contribution is 2.27. The largest absolute Gasteiger partial charge is 0.399 e. The molecule has 4 heteroatoms. The first-order chi connectivity index (χ1) is 9.97. The van der Waals surface area contributed by atoms with Crippen molar-refractivity contribution in [3.8, 4) is 0 Å². The van der Waals surface area contributed by atoms with Crippen molar-refractivity contribution < 1.29 is 0 Å². The maximum atomic E-state index is 6.29. The third kappa shape index (κ3) is 4.37. The van der Waals surface area contributed by atoms with Gasteiger partial charge in [-0.05, 0) is 43.2 Å². The fourth-order valence-corrected chi connectivity index (χ4v) is 2.62. The molecule has 2 nitrogen and oxygen atoms in total. The van der Waals surface area contributed by atoms with Gasteiger partial charge in [-0.3, -0.25) is 4.90 Å². The average molecular weight is 323 g/mol. The number of nitrogens with zero attached hydrogens (tertiary/aromatic N) is 1. The van der Waals surface area contributed by atoms with Gasteiger partial charge in [0.1, 0.15) is 0 Å². The Balaban J connectivity index is 2.18. The van der Waals surface area contributed by atoms with E-state index in [9.17, 15) is 0 Å². The molecule has 0 aliphatic carbocycles. The minimum atomic E-state index is 0.390. The number of nitrogen functional groups attached to an aromatic ring is 1. The van der Waals surface area contributed by atoms with Gasteiger partial charge in [0.15, 0.2) is 0 Å². The Bertz CT molecular complexity index is 611. The Labute approximate surface area is 136 Å². The lowest BCUT2D eigenvalue weighted by atomic mass is 10.1. The molecule has 2 rings (SSSR count). The topological polar surface area (TPSA) is 29.3 Å². The number of hydrogen-bond donors (Lipinski definition) is 1. The van der Waals surface area contributed by atoms with E-state index in [1.165, 1.54) is 5.56 Å². The zero-order chi connectivity index (χ0) is 15.4. The highest BCUT2D eigenvalue weighted by atomic mass is 35.5. The van der Waals surface area contributed by atoms with E-state index in [0.29, 0.717) is 16.1 Å². The molecule has 2 aromatic rings. The number of hydrogen-bond acceptors (Lipinski definition) is 2. The summed E-state index contributed by atoms with van der Waals surface area (Å²) >= 11 is 12.4. The summed E-state index contributed by atoms with van der Waals surface area (Å²) in [6, 6.07) is 14.1. The minimum Gasteiger partial charge on any atom is -0.399 e. The molecule has 0 spiro atoms. The Hall–Kier alpha value is -1.22. The van der Waals surface area contributed by atoms with E-state index in [2.05, 4.69) is 24.8 Å². The molecule has 0 bridgehead atoms. The van der Waals surface area contributed by atoms with E-state index < -0.39 is 0 Å². The Kier molecular flexibility index (Phi) is 5.51. The van der Waals surface area contributed by atoms with E-state index in [0.717, 1.165) is 24.3 Å². The third-order valence-electron chi connectivity index (χ3n) is 3.47. The second kappa shape index (κ2) is 7.17. The molecule has 0 radical (unpaired) electrons. The fourth-order valence-electron chi connectivity index (χ4n) is 2.24. The normalized spacial score (nSPS) is 11.3. The molecular weight excluding hydrogens is 303 g/mol. The summed E-state index contributed by atoms with van der Waals surface area (Å²) in [5.41, 5.74) is 8.88. The highest BCUT2D eigenvalue weighted by Gasteiger charge is 2.14. The average Bonchev–Trinajstić information content (AvgIpc) is 2.43. The van der Waals surface area contributed by atoms with Gasteiger partial charge in [-0.1, -0.05) is 47.5 Å². The van der Waals surface area contributed by atoms with E-state index in [1.54, 1.807) is 0 Å². The predicted molar refractivity (Wildman–Crippen MR) is 91.7 cm³/mol. The number of nitrogens with two attached hydrogens (primary N) is 1. The molecule has 0 saturated carbocycles. The smallest absolute Gasteiger partial charge is 0.0637 e. The number of benzene rings is 2. The molecule has 0 unspecified atom stereocenters. The predicted octanol–water partition coefficient (Wildman–Crippen LogP) is 4.99. The van der Waals surface area contributed by atoms with Crippen LogP contribution < -0.4 is 5.73 Å². The SMILES string of the molecule is CC(C)N(Cc1cccc(N)c1)Cc1cccc(Cl)c1Cl. The van der Waals surface area contributed by atoms with Crippen molar-refractivity contribution in [1.29, 1.82) is 0 Å². The van der Waals surface area contributed by atoms with Crippen LogP contribution in [-0.4, -0.2) is 10.9 Å². The Morgan fingerprint density at radius 2 is 1.76 bits per heavy atom. The van der Waals surface area contributed by atoms with Gasteiger partial charge in [0.2, 0.25) is 0 Å². The van der Waals surface area contributed by atoms with Crippen LogP contribution in [-0.2, 0) is 13.1 Å². The van der Waals surface area contributed by atoms with Crippen LogP contribution in [0.15, 0.2) is 42.5 Å². The Morgan fingerprint density at radius 1 is 1.05 bits per heavy atom. The summed E-state index contributed by atoms with van der Waals surface area (Å²) in [4.78, 5) is 2.34. The highest BCUT2D eigenvalue weighted by molar-refractivity contribution is 6.42. The first-order valence-corrected chi connectivity index (χ1v) is 7.74. The summed E-state index contributed by atoms with van der Waals surface area (Å²) in [6.45, 7) is 5.92. The van der Waals surface area contributed by atoms with Crippen LogP contribution in [0.25, 0.3) is 0 Å². The van der Waals surface area contributed by atoms with Crippen molar-refractivity contribution in [2.75, 3.05) is 5.73 Å². The van der Waals surface area contributed by atoms with E-state index in [-0.39, 0.29) is 0 Å². The molecule has 0 aliphatic heterocycles. The molecule has 0 heterocycles. The van der Waals surface area contributed by atoms with Crippen molar-refractivity contribution in [3.63, 3.8) is 0 Å². The van der Waals surface area contributed by atoms with Gasteiger partial charge in [-0.25, -0.2) is 0 Å². The van der Waals surface area contributed by atoms with Crippen molar-refractivity contribution in [2.45, 2.75) is 33.0 Å². The first kappa shape index (κ1) is 16.2. The quantitative estimate of drug-likeness (QED) is 0.786. The molecule has 2 N–H and O–H groups in total. The Morgan fingerprint density at radius 3 is 2.43 bits per heavy atom. The van der Waals surface area contributed by atoms with Crippen molar-refractivity contribution in [1.82, 2.24) is 4.90 Å². The molecule has 0 saturated heterocycles. The molecule has 2 aromatic carbocycles. The van der Waals surface area contributed by atoms with E-state index in [4.69, 9.17) is 28.9 Å². The summed E-state index contributed by atoms with van der Waals surface area (Å²) < 4.78 is 0. The van der Waals surface area contributed by atoms with Gasteiger partial charge in [-0.2, -0.15) is 0 Å². The zero-order valence-electron chi connectivity index (χ0n) is 12.3. The van der Waals surface area contributed by atoms with Gasteiger partial charge in [0.05, 0.1) is 10.0 Å². The second-order valence-electron chi connectivity index (χ2n) is 5.46. The lowest BCUT2D eigenvalue weighted by molar-refractivity contribution is 0.204. The molecular formula is C17H20Cl2N2. The van der Waals surface area contributed by atoms with E-state index >= 15 is 0 Å². The summed E-state index contributed by atoms with van der Waals surface area (Å²) in [7, 11) is 0. The molecule has 0 fully saturated rings. The van der Waals surface area contributed by atoms with Gasteiger partial charge < -0.3 is 5.73 Å². The second-order valence-corrected chi connectivity index (χ2v) is 6.24. The monoisotopic (exact) mass is 322 g/mol. The maximum Gasteiger partial charge on any atom is 0.0637 e. The third-order valence-corrected chi connectivity index (χ3v) is 4.33. The van der Waals surface area contributed by atoms with E-state index in [1.807, 2.05) is 36.4 Å². The van der Waals surface area contributed by atoms with Crippen LogP contribution in [0.4, 0.5) is 5.69 Å². The van der Waals surface area contributed by atoms with Gasteiger partial charge in [-0.15, -0.1) is 0 Å². The van der Waals surface area contributed by atoms with Gasteiger partial charge >= 0.3 is 0 Å². The molecule has 0 atom stereocenters. The lowest BCUT2D eigenvalue weighted by Gasteiger charge is -2.27. The van der Waals surface area contributed by atoms with Crippen LogP contribution in [0.1, 0.15) is 25.0 Å². The summed E-state index contributed by atoms with van der Waals surface area (Å²) in [6.07, 6.45) is 0. The van der Waals surface area contributed by atoms with Crippen LogP contribution in [0, 0.1) is 0 Å². The van der Waals surface area contributed by atoms with Crippen LogP contribution in [0.2, 0.25) is 10.0 Å². The van der Waals surface area contributed by atoms with Crippen molar-refractivity contribution in [2.24, 2.45) is 0 Å². The van der Waals surface area contributed by atoms with Crippen molar-refractivity contribution >= 4 is 28.9 Å². The summed E-state index contributed by atoms with van der Waals surface area (Å²) in [5.74, 6) is 0. The summed E-state index contributed by atoms with van der Waals surface area (Å²) in [5, 5.41) is 1.24. The van der Waals surface area contributed by atoms with Crippen molar-refractivity contribution in [3.05, 3.63) is 63.6 Å². The fraction of sp³-hybridized carbons (Fsp3) is 0.294. The van der Waals surface area contributed by atoms with Crippen LogP contribution in [0.3, 0.4) is 0 Å². The van der Waals surface area contributed by atoms with Gasteiger partial charge in [0, 0.05) is 24.8 Å². The maximum absolute atomic E-state index is 6.29. The molecule has 0 aliphatic rings. The minimum absolute atomic E-state index is 0.390. The van der Waals surface area contributed by atoms with Crippen LogP contribution >= 0.6 is 23.2 Å². The zero-order valence-corrected chi connectivity index (χ0v) is 13.8. The number of anilines is 1. The van der Waals surface area contributed by atoms with Crippen LogP contribution in [0.5, 0.6) is 0 Å². The number of rotatable bonds is 5.